The highest BCUT2D eigenvalue weighted by molar-refractivity contribution is 6.30. The minimum Gasteiger partial charge on any atom is -0.480 e. The minimum absolute atomic E-state index is 0.0130. The third kappa shape index (κ3) is 2.37. The fourth-order valence-electron chi connectivity index (χ4n) is 1.70. The quantitative estimate of drug-likeness (QED) is 0.877. The van der Waals surface area contributed by atoms with Crippen LogP contribution < -0.4 is 5.73 Å². The van der Waals surface area contributed by atoms with E-state index < -0.39 is 11.5 Å². The van der Waals surface area contributed by atoms with E-state index in [1.165, 1.54) is 17.1 Å². The molecule has 1 aromatic carbocycles. The van der Waals surface area contributed by atoms with E-state index in [2.05, 4.69) is 5.10 Å². The molecule has 18 heavy (non-hydrogen) atoms. The molecule has 3 N–H and O–H groups in total. The van der Waals surface area contributed by atoms with Gasteiger partial charge in [-0.3, -0.25) is 4.68 Å². The summed E-state index contributed by atoms with van der Waals surface area (Å²) in [5.74, 6) is -1.11. The van der Waals surface area contributed by atoms with Gasteiger partial charge >= 0.3 is 5.97 Å². The topological polar surface area (TPSA) is 81.1 Å². The molecule has 0 bridgehead atoms. The van der Waals surface area contributed by atoms with Crippen LogP contribution in [0.15, 0.2) is 42.7 Å². The fourth-order valence-corrected chi connectivity index (χ4v) is 1.85. The second-order valence-electron chi connectivity index (χ2n) is 4.00. The summed E-state index contributed by atoms with van der Waals surface area (Å²) in [6.07, 6.45) is 2.98. The average Bonchev–Trinajstić information content (AvgIpc) is 2.75. The molecule has 0 fully saturated rings. The van der Waals surface area contributed by atoms with E-state index in [0.29, 0.717) is 10.6 Å². The number of halogens is 1. The van der Waals surface area contributed by atoms with Gasteiger partial charge < -0.3 is 10.8 Å². The van der Waals surface area contributed by atoms with Gasteiger partial charge in [0.15, 0.2) is 5.54 Å². The lowest BCUT2D eigenvalue weighted by atomic mass is 9.91. The first-order valence-corrected chi connectivity index (χ1v) is 5.66. The van der Waals surface area contributed by atoms with Crippen molar-refractivity contribution in [2.24, 2.45) is 5.73 Å². The van der Waals surface area contributed by atoms with Crippen LogP contribution in [0.4, 0.5) is 0 Å². The molecule has 2 aromatic rings. The summed E-state index contributed by atoms with van der Waals surface area (Å²) < 4.78 is 1.42. The van der Waals surface area contributed by atoms with Crippen LogP contribution in [0.2, 0.25) is 5.02 Å². The second kappa shape index (κ2) is 4.80. The van der Waals surface area contributed by atoms with Crippen molar-refractivity contribution in [2.75, 3.05) is 0 Å². The predicted octanol–water partition coefficient (Wildman–Crippen LogP) is 1.48. The molecule has 1 aromatic heterocycles. The molecule has 2 rings (SSSR count). The van der Waals surface area contributed by atoms with Crippen molar-refractivity contribution in [3.05, 3.63) is 53.3 Å². The van der Waals surface area contributed by atoms with Gasteiger partial charge in [0.1, 0.15) is 0 Å². The first-order chi connectivity index (χ1) is 8.52. The lowest BCUT2D eigenvalue weighted by Crippen LogP contribution is -2.48. The third-order valence-electron chi connectivity index (χ3n) is 2.68. The highest BCUT2D eigenvalue weighted by atomic mass is 35.5. The molecular formula is C12H12ClN3O2. The fraction of sp³-hybridized carbons (Fsp3) is 0.167. The Morgan fingerprint density at radius 1 is 1.44 bits per heavy atom. The molecule has 1 atom stereocenters. The molecule has 1 heterocycles. The SMILES string of the molecule is NC(Cn1cc(Cl)cn1)(C(=O)O)c1ccccc1. The number of nitrogens with two attached hydrogens (primary N) is 1. The molecule has 0 aliphatic carbocycles. The van der Waals surface area contributed by atoms with Crippen LogP contribution in [-0.4, -0.2) is 20.9 Å². The maximum Gasteiger partial charge on any atom is 0.330 e. The van der Waals surface area contributed by atoms with Crippen molar-refractivity contribution in [2.45, 2.75) is 12.1 Å². The molecule has 0 amide bonds. The van der Waals surface area contributed by atoms with Crippen molar-refractivity contribution >= 4 is 17.6 Å². The Morgan fingerprint density at radius 2 is 2.11 bits per heavy atom. The first kappa shape index (κ1) is 12.6. The summed E-state index contributed by atoms with van der Waals surface area (Å²) in [7, 11) is 0. The zero-order valence-corrected chi connectivity index (χ0v) is 10.2. The molecule has 0 aliphatic rings. The van der Waals surface area contributed by atoms with E-state index in [-0.39, 0.29) is 6.54 Å². The molecular weight excluding hydrogens is 254 g/mol. The van der Waals surface area contributed by atoms with Crippen LogP contribution in [0.1, 0.15) is 5.56 Å². The largest absolute Gasteiger partial charge is 0.480 e. The van der Waals surface area contributed by atoms with E-state index >= 15 is 0 Å². The number of carboxylic acid groups (broad SMARTS) is 1. The van der Waals surface area contributed by atoms with Gasteiger partial charge in [-0.05, 0) is 5.56 Å². The minimum atomic E-state index is -1.53. The Balaban J connectivity index is 2.36. The van der Waals surface area contributed by atoms with Crippen molar-refractivity contribution in [3.63, 3.8) is 0 Å². The smallest absolute Gasteiger partial charge is 0.330 e. The first-order valence-electron chi connectivity index (χ1n) is 5.28. The van der Waals surface area contributed by atoms with Crippen molar-refractivity contribution in [1.29, 1.82) is 0 Å². The molecule has 1 unspecified atom stereocenters. The number of aromatic nitrogens is 2. The Labute approximate surface area is 109 Å². The summed E-state index contributed by atoms with van der Waals surface area (Å²) in [6.45, 7) is 0.0130. The number of rotatable bonds is 4. The molecule has 0 saturated heterocycles. The van der Waals surface area contributed by atoms with E-state index in [9.17, 15) is 9.90 Å². The van der Waals surface area contributed by atoms with Gasteiger partial charge in [0.05, 0.1) is 17.8 Å². The van der Waals surface area contributed by atoms with Crippen molar-refractivity contribution in [1.82, 2.24) is 9.78 Å². The van der Waals surface area contributed by atoms with Gasteiger partial charge in [-0.25, -0.2) is 4.79 Å². The normalized spacial score (nSPS) is 14.1. The molecule has 0 aliphatic heterocycles. The van der Waals surface area contributed by atoms with Gasteiger partial charge in [0, 0.05) is 6.20 Å². The van der Waals surface area contributed by atoms with Crippen LogP contribution >= 0.6 is 11.6 Å². The summed E-state index contributed by atoms with van der Waals surface area (Å²) in [5.41, 5.74) is 4.99. The van der Waals surface area contributed by atoms with E-state index in [1.54, 1.807) is 30.3 Å². The number of hydrogen-bond donors (Lipinski definition) is 2. The summed E-state index contributed by atoms with van der Waals surface area (Å²) >= 11 is 5.74. The molecule has 0 saturated carbocycles. The molecule has 5 nitrogen and oxygen atoms in total. The van der Waals surface area contributed by atoms with Crippen molar-refractivity contribution in [3.8, 4) is 0 Å². The Bertz CT molecular complexity index is 555. The molecule has 0 spiro atoms. The highest BCUT2D eigenvalue weighted by Crippen LogP contribution is 2.21. The van der Waals surface area contributed by atoms with Crippen LogP contribution in [0.5, 0.6) is 0 Å². The summed E-state index contributed by atoms with van der Waals surface area (Å²) in [6, 6.07) is 8.65. The van der Waals surface area contributed by atoms with Crippen LogP contribution in [-0.2, 0) is 16.9 Å². The number of carboxylic acids is 1. The molecule has 94 valence electrons. The Morgan fingerprint density at radius 3 is 2.61 bits per heavy atom. The standard InChI is InChI=1S/C12H12ClN3O2/c13-10-6-15-16(7-10)8-12(14,11(17)18)9-4-2-1-3-5-9/h1-7H,8,14H2,(H,17,18). The molecule has 6 heteroatoms. The monoisotopic (exact) mass is 265 g/mol. The number of nitrogens with zero attached hydrogens (tertiary/aromatic N) is 2. The third-order valence-corrected chi connectivity index (χ3v) is 2.88. The number of benzene rings is 1. The van der Waals surface area contributed by atoms with E-state index in [1.807, 2.05) is 0 Å². The van der Waals surface area contributed by atoms with E-state index in [0.717, 1.165) is 0 Å². The molecule has 0 radical (unpaired) electrons. The zero-order chi connectivity index (χ0) is 13.2. The van der Waals surface area contributed by atoms with Gasteiger partial charge in [-0.15, -0.1) is 0 Å². The van der Waals surface area contributed by atoms with Crippen LogP contribution in [0.25, 0.3) is 0 Å². The van der Waals surface area contributed by atoms with Gasteiger partial charge in [-0.1, -0.05) is 41.9 Å². The lowest BCUT2D eigenvalue weighted by molar-refractivity contribution is -0.144. The maximum absolute atomic E-state index is 11.4. The predicted molar refractivity (Wildman–Crippen MR) is 67.2 cm³/mol. The van der Waals surface area contributed by atoms with Gasteiger partial charge in [0.2, 0.25) is 0 Å². The van der Waals surface area contributed by atoms with Gasteiger partial charge in [0.25, 0.3) is 0 Å². The Hall–Kier alpha value is -1.85. The summed E-state index contributed by atoms with van der Waals surface area (Å²) in [4.78, 5) is 11.4. The highest BCUT2D eigenvalue weighted by Gasteiger charge is 2.36. The second-order valence-corrected chi connectivity index (χ2v) is 4.44. The lowest BCUT2D eigenvalue weighted by Gasteiger charge is -2.25. The van der Waals surface area contributed by atoms with Crippen LogP contribution in [0.3, 0.4) is 0 Å². The number of hydrogen-bond acceptors (Lipinski definition) is 3. The maximum atomic E-state index is 11.4. The number of carbonyl (C=O) groups is 1. The van der Waals surface area contributed by atoms with Crippen LogP contribution in [0, 0.1) is 0 Å². The number of aliphatic carboxylic acids is 1. The van der Waals surface area contributed by atoms with Gasteiger partial charge in [-0.2, -0.15) is 5.10 Å². The Kier molecular flexibility index (Phi) is 3.36. The summed E-state index contributed by atoms with van der Waals surface area (Å²) in [5, 5.41) is 13.7. The van der Waals surface area contributed by atoms with E-state index in [4.69, 9.17) is 17.3 Å². The average molecular weight is 266 g/mol. The zero-order valence-electron chi connectivity index (χ0n) is 9.45. The van der Waals surface area contributed by atoms with Crippen molar-refractivity contribution < 1.29 is 9.90 Å².